The largest absolute Gasteiger partial charge is 3.00 e. The molecule has 0 fully saturated rings. The second kappa shape index (κ2) is 24.5. The molecule has 0 spiro atoms. The maximum atomic E-state index is 10.6. The Morgan fingerprint density at radius 3 is 0.757 bits per heavy atom. The minimum absolute atomic E-state index is 0. The number of unbranched alkanes of at least 4 members (excludes halogenated alkanes) is 9. The standard InChI is InChI=1S/3C10H20O2.Y/c3*1-4-5-6-7-8-10(2,3)9(11)12;/h3*4-8H2,1-3H3,(H,11,12);/q;;;+3/p-3. The maximum Gasteiger partial charge on any atom is 3.00 e. The van der Waals surface area contributed by atoms with Crippen molar-refractivity contribution in [3.05, 3.63) is 0 Å². The van der Waals surface area contributed by atoms with E-state index in [-0.39, 0.29) is 32.7 Å². The van der Waals surface area contributed by atoms with Gasteiger partial charge in [-0.25, -0.2) is 0 Å². The van der Waals surface area contributed by atoms with Crippen LogP contribution in [0.4, 0.5) is 0 Å². The molecule has 0 amide bonds. The van der Waals surface area contributed by atoms with Crippen LogP contribution in [0.25, 0.3) is 0 Å². The van der Waals surface area contributed by atoms with E-state index in [4.69, 9.17) is 0 Å². The topological polar surface area (TPSA) is 120 Å². The zero-order valence-electron chi connectivity index (χ0n) is 25.6. The average molecular weight is 603 g/mol. The summed E-state index contributed by atoms with van der Waals surface area (Å²) in [5.41, 5.74) is -1.94. The molecule has 0 saturated carbocycles. The number of carboxylic acid groups (broad SMARTS) is 3. The number of carbonyl (C=O) groups excluding carboxylic acids is 3. The second-order valence-corrected chi connectivity index (χ2v) is 11.9. The van der Waals surface area contributed by atoms with Gasteiger partial charge in [0.1, 0.15) is 0 Å². The molecule has 0 aliphatic heterocycles. The molecular formula is C30H57O6Y. The summed E-state index contributed by atoms with van der Waals surface area (Å²) in [6.45, 7) is 16.8. The Morgan fingerprint density at radius 2 is 0.622 bits per heavy atom. The first-order chi connectivity index (χ1) is 16.5. The monoisotopic (exact) mass is 602 g/mol. The van der Waals surface area contributed by atoms with Crippen LogP contribution < -0.4 is 15.3 Å². The quantitative estimate of drug-likeness (QED) is 0.199. The van der Waals surface area contributed by atoms with Crippen LogP contribution in [0.5, 0.6) is 0 Å². The normalized spacial score (nSPS) is 11.3. The van der Waals surface area contributed by atoms with Crippen molar-refractivity contribution in [1.82, 2.24) is 0 Å². The number of hydrogen-bond acceptors (Lipinski definition) is 6. The van der Waals surface area contributed by atoms with Crippen LogP contribution in [0, 0.1) is 16.2 Å². The zero-order chi connectivity index (χ0) is 28.8. The van der Waals surface area contributed by atoms with Gasteiger partial charge < -0.3 is 29.7 Å². The Morgan fingerprint density at radius 1 is 0.432 bits per heavy atom. The molecule has 0 aromatic heterocycles. The Bertz CT molecular complexity index is 504. The molecule has 0 heterocycles. The first kappa shape index (κ1) is 43.6. The fourth-order valence-corrected chi connectivity index (χ4v) is 3.29. The Hall–Kier alpha value is -0.486. The summed E-state index contributed by atoms with van der Waals surface area (Å²) in [5, 5.41) is 31.7. The molecule has 0 aliphatic rings. The summed E-state index contributed by atoms with van der Waals surface area (Å²) in [4.78, 5) is 31.7. The first-order valence-electron chi connectivity index (χ1n) is 14.2. The molecule has 7 heteroatoms. The molecule has 0 atom stereocenters. The Labute approximate surface area is 254 Å². The number of hydrogen-bond donors (Lipinski definition) is 0. The van der Waals surface area contributed by atoms with E-state index in [0.29, 0.717) is 0 Å². The van der Waals surface area contributed by atoms with Gasteiger partial charge in [0.2, 0.25) is 0 Å². The summed E-state index contributed by atoms with van der Waals surface area (Å²) in [7, 11) is 0. The number of carbonyl (C=O) groups is 3. The summed E-state index contributed by atoms with van der Waals surface area (Å²) in [6, 6.07) is 0. The molecular weight excluding hydrogens is 545 g/mol. The summed E-state index contributed by atoms with van der Waals surface area (Å²) in [6.07, 6.45) is 15.7. The third kappa shape index (κ3) is 26.9. The van der Waals surface area contributed by atoms with Crippen LogP contribution >= 0.6 is 0 Å². The van der Waals surface area contributed by atoms with Gasteiger partial charge in [-0.3, -0.25) is 0 Å². The van der Waals surface area contributed by atoms with E-state index in [1.54, 1.807) is 41.5 Å². The molecule has 0 N–H and O–H groups in total. The minimum Gasteiger partial charge on any atom is -0.550 e. The van der Waals surface area contributed by atoms with Crippen molar-refractivity contribution in [1.29, 1.82) is 0 Å². The van der Waals surface area contributed by atoms with Gasteiger partial charge >= 0.3 is 32.7 Å². The first-order valence-corrected chi connectivity index (χ1v) is 14.2. The molecule has 0 unspecified atom stereocenters. The van der Waals surface area contributed by atoms with Crippen LogP contribution in [0.1, 0.15) is 159 Å². The van der Waals surface area contributed by atoms with Gasteiger partial charge in [-0.2, -0.15) is 0 Å². The fraction of sp³-hybridized carbons (Fsp3) is 0.900. The third-order valence-electron chi connectivity index (χ3n) is 6.62. The maximum absolute atomic E-state index is 10.6. The molecule has 0 saturated heterocycles. The van der Waals surface area contributed by atoms with E-state index < -0.39 is 34.2 Å². The van der Waals surface area contributed by atoms with Crippen molar-refractivity contribution in [2.24, 2.45) is 16.2 Å². The molecule has 0 aliphatic carbocycles. The number of rotatable bonds is 18. The zero-order valence-corrected chi connectivity index (χ0v) is 28.5. The van der Waals surface area contributed by atoms with Gasteiger partial charge in [0.15, 0.2) is 0 Å². The van der Waals surface area contributed by atoms with Crippen molar-refractivity contribution >= 4 is 17.9 Å². The van der Waals surface area contributed by atoms with Crippen molar-refractivity contribution in [2.75, 3.05) is 0 Å². The van der Waals surface area contributed by atoms with Gasteiger partial charge in [-0.05, 0) is 19.3 Å². The molecule has 0 radical (unpaired) electrons. The van der Waals surface area contributed by atoms with Crippen LogP contribution in [-0.4, -0.2) is 17.9 Å². The predicted molar refractivity (Wildman–Crippen MR) is 143 cm³/mol. The van der Waals surface area contributed by atoms with Crippen molar-refractivity contribution < 1.29 is 62.4 Å². The molecule has 216 valence electrons. The van der Waals surface area contributed by atoms with E-state index in [0.717, 1.165) is 57.8 Å². The smallest absolute Gasteiger partial charge is 0.550 e. The van der Waals surface area contributed by atoms with Crippen LogP contribution in [0.2, 0.25) is 0 Å². The van der Waals surface area contributed by atoms with E-state index in [9.17, 15) is 29.7 Å². The number of aliphatic carboxylic acids is 3. The van der Waals surface area contributed by atoms with E-state index in [1.165, 1.54) is 38.5 Å². The summed E-state index contributed by atoms with van der Waals surface area (Å²) >= 11 is 0. The Balaban J connectivity index is -0.000000218. The van der Waals surface area contributed by atoms with Gasteiger partial charge in [0.25, 0.3) is 0 Å². The Kier molecular flexibility index (Phi) is 28.9. The van der Waals surface area contributed by atoms with Gasteiger partial charge in [-0.15, -0.1) is 0 Å². The van der Waals surface area contributed by atoms with Gasteiger partial charge in [0, 0.05) is 34.2 Å². The third-order valence-corrected chi connectivity index (χ3v) is 6.62. The predicted octanol–water partition coefficient (Wildman–Crippen LogP) is 5.20. The van der Waals surface area contributed by atoms with Gasteiger partial charge in [-0.1, -0.05) is 139 Å². The van der Waals surface area contributed by atoms with Crippen molar-refractivity contribution in [2.45, 2.75) is 159 Å². The molecule has 0 aromatic rings. The van der Waals surface area contributed by atoms with Crippen LogP contribution in [0.15, 0.2) is 0 Å². The summed E-state index contributed by atoms with van der Waals surface area (Å²) < 4.78 is 0. The summed E-state index contributed by atoms with van der Waals surface area (Å²) in [5.74, 6) is -2.79. The second-order valence-electron chi connectivity index (χ2n) is 11.9. The average Bonchev–Trinajstić information content (AvgIpc) is 2.78. The minimum atomic E-state index is -0.931. The molecule has 0 rings (SSSR count). The van der Waals surface area contributed by atoms with Crippen molar-refractivity contribution in [3.63, 3.8) is 0 Å². The SMILES string of the molecule is CCCCCCC(C)(C)C(=O)[O-].CCCCCCC(C)(C)C(=O)[O-].CCCCCCC(C)(C)C(=O)[O-].[Y+3]. The van der Waals surface area contributed by atoms with Gasteiger partial charge in [0.05, 0.1) is 0 Å². The fourth-order valence-electron chi connectivity index (χ4n) is 3.29. The van der Waals surface area contributed by atoms with Crippen LogP contribution in [0.3, 0.4) is 0 Å². The molecule has 37 heavy (non-hydrogen) atoms. The molecule has 6 nitrogen and oxygen atoms in total. The van der Waals surface area contributed by atoms with E-state index >= 15 is 0 Å². The van der Waals surface area contributed by atoms with E-state index in [2.05, 4.69) is 20.8 Å². The number of carboxylic acids is 3. The molecule has 0 aromatic carbocycles. The van der Waals surface area contributed by atoms with Crippen LogP contribution in [-0.2, 0) is 47.1 Å². The van der Waals surface area contributed by atoms with Crippen molar-refractivity contribution in [3.8, 4) is 0 Å². The van der Waals surface area contributed by atoms with E-state index in [1.807, 2.05) is 0 Å². The molecule has 0 bridgehead atoms.